The normalized spacial score (nSPS) is 26.5. The van der Waals surface area contributed by atoms with Crippen molar-refractivity contribution in [2.75, 3.05) is 16.0 Å². The average molecular weight is 489 g/mol. The molecule has 35 heavy (non-hydrogen) atoms. The number of amides is 3. The third kappa shape index (κ3) is 4.31. The van der Waals surface area contributed by atoms with Gasteiger partial charge in [0.15, 0.2) is 5.13 Å². The molecule has 4 aliphatic carbocycles. The van der Waals surface area contributed by atoms with Crippen molar-refractivity contribution in [1.82, 2.24) is 4.98 Å². The van der Waals surface area contributed by atoms with E-state index in [4.69, 9.17) is 0 Å². The minimum absolute atomic E-state index is 0.139. The van der Waals surface area contributed by atoms with Crippen LogP contribution >= 0.6 is 11.3 Å². The average Bonchev–Trinajstić information content (AvgIpc) is 3.19. The molecule has 4 bridgehead atoms. The minimum Gasteiger partial charge on any atom is -0.326 e. The van der Waals surface area contributed by atoms with E-state index in [9.17, 15) is 14.4 Å². The van der Waals surface area contributed by atoms with Gasteiger partial charge in [-0.2, -0.15) is 0 Å². The Bertz CT molecular complexity index is 1290. The molecule has 1 heterocycles. The first kappa shape index (κ1) is 22.2. The van der Waals surface area contributed by atoms with Crippen LogP contribution in [-0.2, 0) is 9.59 Å². The monoisotopic (exact) mass is 488 g/mol. The van der Waals surface area contributed by atoms with Gasteiger partial charge in [0.25, 0.3) is 5.91 Å². The second-order valence-electron chi connectivity index (χ2n) is 10.6. The Morgan fingerprint density at radius 3 is 2.11 bits per heavy atom. The van der Waals surface area contributed by atoms with E-state index in [1.165, 1.54) is 37.5 Å². The molecule has 0 radical (unpaired) electrons. The molecule has 180 valence electrons. The number of carbonyl (C=O) groups is 3. The number of hydrogen-bond acceptors (Lipinski definition) is 5. The van der Waals surface area contributed by atoms with E-state index in [-0.39, 0.29) is 23.1 Å². The van der Waals surface area contributed by atoms with E-state index in [1.54, 1.807) is 30.3 Å². The summed E-state index contributed by atoms with van der Waals surface area (Å²) in [7, 11) is 0. The fourth-order valence-electron chi connectivity index (χ4n) is 6.79. The van der Waals surface area contributed by atoms with Crippen LogP contribution in [0.3, 0.4) is 0 Å². The Morgan fingerprint density at radius 1 is 0.857 bits per heavy atom. The van der Waals surface area contributed by atoms with E-state index in [1.807, 2.05) is 12.1 Å². The number of rotatable bonds is 5. The van der Waals surface area contributed by atoms with Crippen molar-refractivity contribution in [2.24, 2.45) is 23.2 Å². The first-order chi connectivity index (χ1) is 16.8. The van der Waals surface area contributed by atoms with Crippen LogP contribution in [0.25, 0.3) is 10.2 Å². The number of hydrogen-bond donors (Lipinski definition) is 3. The molecule has 0 spiro atoms. The Morgan fingerprint density at radius 2 is 1.49 bits per heavy atom. The van der Waals surface area contributed by atoms with Crippen LogP contribution in [-0.4, -0.2) is 22.7 Å². The van der Waals surface area contributed by atoms with Crippen molar-refractivity contribution in [3.8, 4) is 0 Å². The largest absolute Gasteiger partial charge is 0.326 e. The number of nitrogens with one attached hydrogen (secondary N) is 3. The number of fused-ring (bicyclic) bond motifs is 1. The van der Waals surface area contributed by atoms with Gasteiger partial charge in [-0.25, -0.2) is 4.98 Å². The Hall–Kier alpha value is -3.26. The van der Waals surface area contributed by atoms with E-state index in [2.05, 4.69) is 20.9 Å². The number of carbonyl (C=O) groups excluding carboxylic acids is 3. The van der Waals surface area contributed by atoms with E-state index in [0.717, 1.165) is 52.9 Å². The van der Waals surface area contributed by atoms with Crippen molar-refractivity contribution < 1.29 is 14.4 Å². The summed E-state index contributed by atoms with van der Waals surface area (Å²) >= 11 is 1.35. The van der Waals surface area contributed by atoms with Gasteiger partial charge < -0.3 is 10.6 Å². The Kier molecular flexibility index (Phi) is 5.36. The number of aromatic nitrogens is 1. The third-order valence-electron chi connectivity index (χ3n) is 7.85. The number of nitrogens with zero attached hydrogens (tertiary/aromatic N) is 1. The highest BCUT2D eigenvalue weighted by molar-refractivity contribution is 7.22. The molecule has 0 unspecified atom stereocenters. The molecule has 0 atom stereocenters. The molecular formula is C27H28N4O3S. The topological polar surface area (TPSA) is 100 Å². The van der Waals surface area contributed by atoms with Gasteiger partial charge in [0.05, 0.1) is 15.6 Å². The fourth-order valence-corrected chi connectivity index (χ4v) is 7.69. The molecule has 0 aliphatic heterocycles. The summed E-state index contributed by atoms with van der Waals surface area (Å²) in [4.78, 5) is 41.8. The van der Waals surface area contributed by atoms with Crippen LogP contribution in [0, 0.1) is 23.2 Å². The van der Waals surface area contributed by atoms with Gasteiger partial charge in [-0.3, -0.25) is 19.7 Å². The standard InChI is InChI=1S/C27H28N4O3S/c1-15(32)28-21-6-7-22-23(11-21)35-26(30-22)31-24(33)19-2-4-20(5-3-19)29-25(34)27-12-16-8-17(13-27)10-18(9-16)14-27/h2-7,11,16-18H,8-10,12-14H2,1H3,(H,28,32)(H,29,34)(H,30,31,33). The van der Waals surface area contributed by atoms with Crippen molar-refractivity contribution in [2.45, 2.75) is 45.4 Å². The molecule has 8 heteroatoms. The number of thiazole rings is 1. The van der Waals surface area contributed by atoms with Crippen LogP contribution in [0.15, 0.2) is 42.5 Å². The lowest BCUT2D eigenvalue weighted by Crippen LogP contribution is -2.51. The van der Waals surface area contributed by atoms with Crippen LogP contribution in [0.4, 0.5) is 16.5 Å². The molecule has 4 fully saturated rings. The van der Waals surface area contributed by atoms with Crippen LogP contribution in [0.2, 0.25) is 0 Å². The maximum Gasteiger partial charge on any atom is 0.257 e. The summed E-state index contributed by atoms with van der Waals surface area (Å²) in [6, 6.07) is 12.5. The third-order valence-corrected chi connectivity index (χ3v) is 8.79. The van der Waals surface area contributed by atoms with Crippen LogP contribution < -0.4 is 16.0 Å². The Labute approximate surface area is 207 Å². The molecule has 2 aromatic carbocycles. The predicted molar refractivity (Wildman–Crippen MR) is 138 cm³/mol. The van der Waals surface area contributed by atoms with Crippen LogP contribution in [0.5, 0.6) is 0 Å². The molecule has 1 aromatic heterocycles. The maximum absolute atomic E-state index is 13.3. The lowest BCUT2D eigenvalue weighted by Gasteiger charge is -2.55. The van der Waals surface area contributed by atoms with Crippen molar-refractivity contribution >= 4 is 55.8 Å². The second-order valence-corrected chi connectivity index (χ2v) is 11.6. The SMILES string of the molecule is CC(=O)Nc1ccc2nc(NC(=O)c3ccc(NC(=O)C45CC6CC(CC(C6)C4)C5)cc3)sc2c1. The molecule has 4 aliphatic rings. The molecule has 7 nitrogen and oxygen atoms in total. The van der Waals surface area contributed by atoms with Gasteiger partial charge in [-0.05, 0) is 98.7 Å². The summed E-state index contributed by atoms with van der Waals surface area (Å²) in [6.07, 6.45) is 7.00. The number of benzene rings is 2. The quantitative estimate of drug-likeness (QED) is 0.431. The second kappa shape index (κ2) is 8.45. The summed E-state index contributed by atoms with van der Waals surface area (Å²) in [5, 5.41) is 9.23. The maximum atomic E-state index is 13.3. The molecule has 3 N–H and O–H groups in total. The highest BCUT2D eigenvalue weighted by atomic mass is 32.1. The predicted octanol–water partition coefficient (Wildman–Crippen LogP) is 5.66. The molecule has 0 saturated heterocycles. The zero-order valence-corrected chi connectivity index (χ0v) is 20.4. The van der Waals surface area contributed by atoms with E-state index < -0.39 is 0 Å². The van der Waals surface area contributed by atoms with Gasteiger partial charge in [0.2, 0.25) is 11.8 Å². The van der Waals surface area contributed by atoms with Gasteiger partial charge in [0, 0.05) is 23.9 Å². The highest BCUT2D eigenvalue weighted by Crippen LogP contribution is 2.60. The first-order valence-corrected chi connectivity index (χ1v) is 13.1. The highest BCUT2D eigenvalue weighted by Gasteiger charge is 2.54. The lowest BCUT2D eigenvalue weighted by molar-refractivity contribution is -0.140. The van der Waals surface area contributed by atoms with E-state index >= 15 is 0 Å². The first-order valence-electron chi connectivity index (χ1n) is 12.3. The van der Waals surface area contributed by atoms with Gasteiger partial charge in [-0.15, -0.1) is 0 Å². The molecule has 7 rings (SSSR count). The summed E-state index contributed by atoms with van der Waals surface area (Å²) < 4.78 is 0.870. The molecular weight excluding hydrogens is 460 g/mol. The molecule has 4 saturated carbocycles. The Balaban J connectivity index is 1.11. The summed E-state index contributed by atoms with van der Waals surface area (Å²) in [5.74, 6) is 1.92. The van der Waals surface area contributed by atoms with Gasteiger partial charge >= 0.3 is 0 Å². The zero-order valence-electron chi connectivity index (χ0n) is 19.6. The smallest absolute Gasteiger partial charge is 0.257 e. The van der Waals surface area contributed by atoms with Crippen molar-refractivity contribution in [3.63, 3.8) is 0 Å². The van der Waals surface area contributed by atoms with E-state index in [0.29, 0.717) is 16.4 Å². The van der Waals surface area contributed by atoms with Gasteiger partial charge in [0.1, 0.15) is 0 Å². The molecule has 3 amide bonds. The van der Waals surface area contributed by atoms with Gasteiger partial charge in [-0.1, -0.05) is 11.3 Å². The zero-order chi connectivity index (χ0) is 24.2. The van der Waals surface area contributed by atoms with Crippen molar-refractivity contribution in [1.29, 1.82) is 0 Å². The van der Waals surface area contributed by atoms with Crippen molar-refractivity contribution in [3.05, 3.63) is 48.0 Å². The minimum atomic E-state index is -0.259. The fraction of sp³-hybridized carbons (Fsp3) is 0.407. The summed E-state index contributed by atoms with van der Waals surface area (Å²) in [6.45, 7) is 1.46. The number of anilines is 3. The lowest BCUT2D eigenvalue weighted by atomic mass is 9.49. The summed E-state index contributed by atoms with van der Waals surface area (Å²) in [5.41, 5.74) is 2.47. The molecule has 3 aromatic rings. The van der Waals surface area contributed by atoms with Crippen LogP contribution in [0.1, 0.15) is 55.8 Å².